The van der Waals surface area contributed by atoms with Crippen LogP contribution in [0.5, 0.6) is 5.75 Å². The Kier molecular flexibility index (Phi) is 3.75. The highest BCUT2D eigenvalue weighted by molar-refractivity contribution is 9.10. The molecule has 0 unspecified atom stereocenters. The van der Waals surface area contributed by atoms with E-state index in [4.69, 9.17) is 15.0 Å². The summed E-state index contributed by atoms with van der Waals surface area (Å²) in [5.74, 6) is 1.78. The number of hydrogen-bond donors (Lipinski definition) is 1. The molecule has 0 aliphatic rings. The first-order valence-electron chi connectivity index (χ1n) is 5.09. The van der Waals surface area contributed by atoms with Gasteiger partial charge in [0.15, 0.2) is 6.61 Å². The second-order valence-electron chi connectivity index (χ2n) is 3.47. The fraction of sp³-hybridized carbons (Fsp3) is 0.273. The van der Waals surface area contributed by atoms with Gasteiger partial charge in [0.1, 0.15) is 5.75 Å². The fourth-order valence-corrected chi connectivity index (χ4v) is 1.80. The molecule has 90 valence electrons. The quantitative estimate of drug-likeness (QED) is 0.936. The summed E-state index contributed by atoms with van der Waals surface area (Å²) in [7, 11) is 0. The van der Waals surface area contributed by atoms with Crippen LogP contribution in [0.25, 0.3) is 0 Å². The average Bonchev–Trinajstić information content (AvgIpc) is 2.73. The van der Waals surface area contributed by atoms with Crippen molar-refractivity contribution in [2.24, 2.45) is 5.73 Å². The maximum atomic E-state index is 5.64. The highest BCUT2D eigenvalue weighted by Gasteiger charge is 2.06. The van der Waals surface area contributed by atoms with Crippen LogP contribution in [0.3, 0.4) is 0 Å². The average molecular weight is 298 g/mol. The Hall–Kier alpha value is -1.40. The highest BCUT2D eigenvalue weighted by Crippen LogP contribution is 2.23. The molecule has 0 atom stereocenters. The number of hydrogen-bond acceptors (Lipinski definition) is 5. The standard InChI is InChI=1S/C11H12BrN3O2/c1-7-14-11(15-17-7)6-16-10-3-2-9(12)4-8(10)5-13/h2-4H,5-6,13H2,1H3. The Bertz CT molecular complexity index is 513. The van der Waals surface area contributed by atoms with Gasteiger partial charge in [-0.2, -0.15) is 4.98 Å². The molecule has 17 heavy (non-hydrogen) atoms. The highest BCUT2D eigenvalue weighted by atomic mass is 79.9. The number of aryl methyl sites for hydroxylation is 1. The van der Waals surface area contributed by atoms with Crippen LogP contribution in [0.2, 0.25) is 0 Å². The smallest absolute Gasteiger partial charge is 0.223 e. The molecule has 0 radical (unpaired) electrons. The second kappa shape index (κ2) is 5.29. The maximum Gasteiger partial charge on any atom is 0.223 e. The zero-order chi connectivity index (χ0) is 12.3. The number of ether oxygens (including phenoxy) is 1. The summed E-state index contributed by atoms with van der Waals surface area (Å²) in [4.78, 5) is 4.06. The van der Waals surface area contributed by atoms with Crippen molar-refractivity contribution in [1.29, 1.82) is 0 Å². The molecular weight excluding hydrogens is 286 g/mol. The van der Waals surface area contributed by atoms with Gasteiger partial charge in [0.25, 0.3) is 0 Å². The van der Waals surface area contributed by atoms with Crippen LogP contribution < -0.4 is 10.5 Å². The van der Waals surface area contributed by atoms with E-state index in [-0.39, 0.29) is 6.61 Å². The van der Waals surface area contributed by atoms with Crippen LogP contribution in [0, 0.1) is 6.92 Å². The lowest BCUT2D eigenvalue weighted by Gasteiger charge is -2.08. The topological polar surface area (TPSA) is 74.2 Å². The zero-order valence-corrected chi connectivity index (χ0v) is 10.9. The van der Waals surface area contributed by atoms with Crippen molar-refractivity contribution in [3.63, 3.8) is 0 Å². The Morgan fingerprint density at radius 2 is 2.29 bits per heavy atom. The summed E-state index contributed by atoms with van der Waals surface area (Å²) in [6, 6.07) is 5.69. The van der Waals surface area contributed by atoms with E-state index in [1.807, 2.05) is 18.2 Å². The minimum Gasteiger partial charge on any atom is -0.485 e. The first-order chi connectivity index (χ1) is 8.19. The van der Waals surface area contributed by atoms with Gasteiger partial charge in [0.05, 0.1) is 0 Å². The van der Waals surface area contributed by atoms with Gasteiger partial charge in [-0.3, -0.25) is 0 Å². The minimum atomic E-state index is 0.270. The molecule has 0 saturated heterocycles. The number of nitrogens with two attached hydrogens (primary N) is 1. The largest absolute Gasteiger partial charge is 0.485 e. The number of rotatable bonds is 4. The van der Waals surface area contributed by atoms with Crippen LogP contribution in [-0.2, 0) is 13.2 Å². The van der Waals surface area contributed by atoms with Gasteiger partial charge >= 0.3 is 0 Å². The number of halogens is 1. The molecule has 0 amide bonds. The van der Waals surface area contributed by atoms with Crippen LogP contribution >= 0.6 is 15.9 Å². The van der Waals surface area contributed by atoms with Crippen molar-refractivity contribution >= 4 is 15.9 Å². The van der Waals surface area contributed by atoms with Gasteiger partial charge in [-0.1, -0.05) is 21.1 Å². The van der Waals surface area contributed by atoms with Gasteiger partial charge < -0.3 is 15.0 Å². The molecule has 0 saturated carbocycles. The predicted molar refractivity (Wildman–Crippen MR) is 65.4 cm³/mol. The van der Waals surface area contributed by atoms with E-state index in [0.29, 0.717) is 18.3 Å². The summed E-state index contributed by atoms with van der Waals surface area (Å²) < 4.78 is 11.4. The van der Waals surface area contributed by atoms with Gasteiger partial charge in [-0.15, -0.1) is 0 Å². The van der Waals surface area contributed by atoms with E-state index < -0.39 is 0 Å². The molecule has 0 aliphatic heterocycles. The molecule has 5 nitrogen and oxygen atoms in total. The van der Waals surface area contributed by atoms with E-state index in [0.717, 1.165) is 15.8 Å². The number of aromatic nitrogens is 2. The molecule has 0 aliphatic carbocycles. The van der Waals surface area contributed by atoms with Crippen LogP contribution in [0.15, 0.2) is 27.2 Å². The molecule has 0 bridgehead atoms. The van der Waals surface area contributed by atoms with Crippen molar-refractivity contribution in [2.75, 3.05) is 0 Å². The first kappa shape index (κ1) is 12.1. The van der Waals surface area contributed by atoms with Crippen molar-refractivity contribution < 1.29 is 9.26 Å². The third kappa shape index (κ3) is 3.04. The molecule has 1 aromatic heterocycles. The van der Waals surface area contributed by atoms with Crippen molar-refractivity contribution in [3.8, 4) is 5.75 Å². The van der Waals surface area contributed by atoms with Crippen LogP contribution in [-0.4, -0.2) is 10.1 Å². The Labute approximate surface area is 107 Å². The molecule has 6 heteroatoms. The Morgan fingerprint density at radius 3 is 2.94 bits per heavy atom. The van der Waals surface area contributed by atoms with Crippen LogP contribution in [0.4, 0.5) is 0 Å². The molecule has 2 aromatic rings. The lowest BCUT2D eigenvalue weighted by Crippen LogP contribution is -2.03. The van der Waals surface area contributed by atoms with Crippen molar-refractivity contribution in [2.45, 2.75) is 20.1 Å². The predicted octanol–water partition coefficient (Wildman–Crippen LogP) is 2.18. The molecule has 1 aromatic carbocycles. The Morgan fingerprint density at radius 1 is 1.47 bits per heavy atom. The summed E-state index contributed by atoms with van der Waals surface area (Å²) >= 11 is 3.39. The molecule has 0 spiro atoms. The SMILES string of the molecule is Cc1nc(COc2ccc(Br)cc2CN)no1. The van der Waals surface area contributed by atoms with E-state index in [1.165, 1.54) is 0 Å². The van der Waals surface area contributed by atoms with Crippen LogP contribution in [0.1, 0.15) is 17.3 Å². The van der Waals surface area contributed by atoms with E-state index in [9.17, 15) is 0 Å². The molecule has 0 fully saturated rings. The van der Waals surface area contributed by atoms with Gasteiger partial charge in [-0.25, -0.2) is 0 Å². The first-order valence-corrected chi connectivity index (χ1v) is 5.89. The van der Waals surface area contributed by atoms with Crippen molar-refractivity contribution in [1.82, 2.24) is 10.1 Å². The number of nitrogens with zero attached hydrogens (tertiary/aromatic N) is 2. The summed E-state index contributed by atoms with van der Waals surface area (Å²) in [5.41, 5.74) is 6.57. The molecule has 1 heterocycles. The van der Waals surface area contributed by atoms with Crippen molar-refractivity contribution in [3.05, 3.63) is 40.0 Å². The summed E-state index contributed by atoms with van der Waals surface area (Å²) in [6.45, 7) is 2.42. The van der Waals surface area contributed by atoms with E-state index >= 15 is 0 Å². The second-order valence-corrected chi connectivity index (χ2v) is 4.39. The number of benzene rings is 1. The maximum absolute atomic E-state index is 5.64. The summed E-state index contributed by atoms with van der Waals surface area (Å²) in [6.07, 6.45) is 0. The lowest BCUT2D eigenvalue weighted by molar-refractivity contribution is 0.283. The van der Waals surface area contributed by atoms with Gasteiger partial charge in [-0.05, 0) is 18.2 Å². The monoisotopic (exact) mass is 297 g/mol. The van der Waals surface area contributed by atoms with Gasteiger partial charge in [0, 0.05) is 23.5 Å². The molecular formula is C11H12BrN3O2. The lowest BCUT2D eigenvalue weighted by atomic mass is 10.2. The molecule has 2 rings (SSSR count). The fourth-order valence-electron chi connectivity index (χ4n) is 1.39. The summed E-state index contributed by atoms with van der Waals surface area (Å²) in [5, 5.41) is 3.75. The third-order valence-electron chi connectivity index (χ3n) is 2.17. The molecule has 2 N–H and O–H groups in total. The van der Waals surface area contributed by atoms with E-state index in [1.54, 1.807) is 6.92 Å². The third-order valence-corrected chi connectivity index (χ3v) is 2.66. The van der Waals surface area contributed by atoms with Gasteiger partial charge in [0.2, 0.25) is 11.7 Å². The Balaban J connectivity index is 2.08. The minimum absolute atomic E-state index is 0.270. The zero-order valence-electron chi connectivity index (χ0n) is 9.31. The van der Waals surface area contributed by atoms with E-state index in [2.05, 4.69) is 26.1 Å². The normalized spacial score (nSPS) is 10.5.